The van der Waals surface area contributed by atoms with Crippen molar-refractivity contribution in [2.75, 3.05) is 6.61 Å². The summed E-state index contributed by atoms with van der Waals surface area (Å²) in [7, 11) is -3.98. The van der Waals surface area contributed by atoms with E-state index in [2.05, 4.69) is 0 Å². The van der Waals surface area contributed by atoms with Gasteiger partial charge in [0.1, 0.15) is 5.60 Å². The number of carboxylic acids is 1. The van der Waals surface area contributed by atoms with Gasteiger partial charge in [0, 0.05) is 5.92 Å². The number of carbonyl (C=O) groups excluding carboxylic acids is 1. The monoisotopic (exact) mass is 408 g/mol. The number of rotatable bonds is 7. The molecule has 1 fully saturated rings. The number of phosphoric ester groups is 1. The van der Waals surface area contributed by atoms with Crippen molar-refractivity contribution in [3.8, 4) is 0 Å². The SMILES string of the molecule is CC(C)(C)OC(=O)[C@@H]1[C@@H](COP(=O)(OC(C)(C)C)OC(C)(C)C)[C@H]1C(=O)O. The molecular weight excluding hydrogens is 375 g/mol. The average molecular weight is 408 g/mol. The Balaban J connectivity index is 2.88. The van der Waals surface area contributed by atoms with Crippen LogP contribution >= 0.6 is 7.82 Å². The van der Waals surface area contributed by atoms with E-state index in [0.717, 1.165) is 0 Å². The van der Waals surface area contributed by atoms with Crippen LogP contribution in [0.3, 0.4) is 0 Å². The zero-order valence-corrected chi connectivity index (χ0v) is 18.6. The Labute approximate surface area is 161 Å². The Hall–Kier alpha value is -0.950. The van der Waals surface area contributed by atoms with Crippen molar-refractivity contribution in [2.45, 2.75) is 79.1 Å². The van der Waals surface area contributed by atoms with Crippen molar-refractivity contribution >= 4 is 19.8 Å². The number of aliphatic carboxylic acids is 1. The largest absolute Gasteiger partial charge is 0.481 e. The Morgan fingerprint density at radius 2 is 1.30 bits per heavy atom. The molecule has 0 bridgehead atoms. The summed E-state index contributed by atoms with van der Waals surface area (Å²) in [6, 6.07) is 0. The average Bonchev–Trinajstić information content (AvgIpc) is 3.03. The molecule has 158 valence electrons. The van der Waals surface area contributed by atoms with E-state index in [1.54, 1.807) is 62.3 Å². The molecule has 1 aliphatic carbocycles. The predicted molar refractivity (Wildman–Crippen MR) is 99.2 cm³/mol. The van der Waals surface area contributed by atoms with Crippen LogP contribution in [0.25, 0.3) is 0 Å². The number of phosphoric acid groups is 1. The van der Waals surface area contributed by atoms with E-state index in [1.165, 1.54) is 0 Å². The highest BCUT2D eigenvalue weighted by atomic mass is 31.2. The van der Waals surface area contributed by atoms with Gasteiger partial charge in [-0.25, -0.2) is 4.57 Å². The maximum atomic E-state index is 13.0. The molecule has 0 aliphatic heterocycles. The molecule has 0 aromatic rings. The Morgan fingerprint density at radius 3 is 1.63 bits per heavy atom. The summed E-state index contributed by atoms with van der Waals surface area (Å²) in [5.41, 5.74) is -2.34. The second kappa shape index (κ2) is 7.82. The normalized spacial score (nSPS) is 23.8. The van der Waals surface area contributed by atoms with Crippen LogP contribution < -0.4 is 0 Å². The van der Waals surface area contributed by atoms with Crippen molar-refractivity contribution in [1.29, 1.82) is 0 Å². The van der Waals surface area contributed by atoms with Crippen molar-refractivity contribution in [1.82, 2.24) is 0 Å². The quantitative estimate of drug-likeness (QED) is 0.497. The summed E-state index contributed by atoms with van der Waals surface area (Å²) in [6.07, 6.45) is 0. The van der Waals surface area contributed by atoms with Crippen LogP contribution in [-0.4, -0.2) is 40.5 Å². The second-order valence-corrected chi connectivity index (χ2v) is 11.3. The predicted octanol–water partition coefficient (Wildman–Crippen LogP) is 4.03. The molecule has 0 spiro atoms. The molecule has 27 heavy (non-hydrogen) atoms. The number of carbonyl (C=O) groups is 2. The van der Waals surface area contributed by atoms with Crippen LogP contribution in [0, 0.1) is 17.8 Å². The Bertz CT molecular complexity index is 588. The van der Waals surface area contributed by atoms with Crippen LogP contribution in [0.15, 0.2) is 0 Å². The van der Waals surface area contributed by atoms with E-state index >= 15 is 0 Å². The van der Waals surface area contributed by atoms with E-state index in [1.807, 2.05) is 0 Å². The first-order valence-electron chi connectivity index (χ1n) is 8.95. The summed E-state index contributed by atoms with van der Waals surface area (Å²) in [5, 5.41) is 9.35. The molecule has 3 atom stereocenters. The first-order valence-corrected chi connectivity index (χ1v) is 10.4. The highest BCUT2D eigenvalue weighted by molar-refractivity contribution is 7.48. The Morgan fingerprint density at radius 1 is 0.852 bits per heavy atom. The Kier molecular flexibility index (Phi) is 6.97. The first-order chi connectivity index (χ1) is 11.8. The fourth-order valence-corrected chi connectivity index (χ4v) is 4.37. The minimum absolute atomic E-state index is 0.246. The van der Waals surface area contributed by atoms with E-state index in [0.29, 0.717) is 0 Å². The number of hydrogen-bond acceptors (Lipinski definition) is 7. The van der Waals surface area contributed by atoms with E-state index in [9.17, 15) is 19.3 Å². The molecule has 0 saturated heterocycles. The minimum Gasteiger partial charge on any atom is -0.481 e. The van der Waals surface area contributed by atoms with Gasteiger partial charge in [-0.3, -0.25) is 23.2 Å². The van der Waals surface area contributed by atoms with E-state index in [4.69, 9.17) is 18.3 Å². The van der Waals surface area contributed by atoms with Crippen LogP contribution in [0.1, 0.15) is 62.3 Å². The fraction of sp³-hybridized carbons (Fsp3) is 0.889. The van der Waals surface area contributed by atoms with Gasteiger partial charge in [-0.2, -0.15) is 0 Å². The number of esters is 1. The molecule has 9 heteroatoms. The smallest absolute Gasteiger partial charge is 0.475 e. The van der Waals surface area contributed by atoms with Gasteiger partial charge in [0.25, 0.3) is 0 Å². The number of carboxylic acid groups (broad SMARTS) is 1. The number of ether oxygens (including phenoxy) is 1. The molecule has 1 aliphatic rings. The lowest BCUT2D eigenvalue weighted by Crippen LogP contribution is -2.26. The van der Waals surface area contributed by atoms with E-state index < -0.39 is 54.3 Å². The van der Waals surface area contributed by atoms with Crippen molar-refractivity contribution in [3.63, 3.8) is 0 Å². The first kappa shape index (κ1) is 24.1. The molecule has 0 heterocycles. The van der Waals surface area contributed by atoms with Crippen molar-refractivity contribution in [2.24, 2.45) is 17.8 Å². The van der Waals surface area contributed by atoms with Crippen LogP contribution in [-0.2, 0) is 32.5 Å². The zero-order valence-electron chi connectivity index (χ0n) is 17.7. The lowest BCUT2D eigenvalue weighted by Gasteiger charge is -2.31. The van der Waals surface area contributed by atoms with Crippen LogP contribution in [0.5, 0.6) is 0 Å². The molecule has 0 aromatic heterocycles. The van der Waals surface area contributed by atoms with Crippen molar-refractivity contribution < 1.29 is 37.6 Å². The highest BCUT2D eigenvalue weighted by Crippen LogP contribution is 2.58. The maximum Gasteiger partial charge on any atom is 0.475 e. The van der Waals surface area contributed by atoms with Gasteiger partial charge >= 0.3 is 19.8 Å². The van der Waals surface area contributed by atoms with Crippen LogP contribution in [0.2, 0.25) is 0 Å². The van der Waals surface area contributed by atoms with Gasteiger partial charge in [0.05, 0.1) is 29.6 Å². The number of hydrogen-bond donors (Lipinski definition) is 1. The summed E-state index contributed by atoms with van der Waals surface area (Å²) in [5.74, 6) is -4.18. The molecule has 0 radical (unpaired) electrons. The molecule has 1 saturated carbocycles. The minimum atomic E-state index is -3.98. The van der Waals surface area contributed by atoms with Gasteiger partial charge in [-0.15, -0.1) is 0 Å². The lowest BCUT2D eigenvalue weighted by molar-refractivity contribution is -0.158. The molecule has 0 amide bonds. The molecule has 1 N–H and O–H groups in total. The van der Waals surface area contributed by atoms with Gasteiger partial charge < -0.3 is 9.84 Å². The topological polar surface area (TPSA) is 108 Å². The molecule has 0 aromatic carbocycles. The molecular formula is C18H33O8P. The standard InChI is InChI=1S/C18H33O8P/c1-16(2,3)24-15(21)13-11(12(13)14(19)20)10-23-27(22,25-17(4,5)6)26-18(7,8)9/h11-13H,10H2,1-9H3,(H,19,20)/t11-,12+,13+/m0/s1. The summed E-state index contributed by atoms with van der Waals surface area (Å²) < 4.78 is 34.7. The van der Waals surface area contributed by atoms with Gasteiger partial charge in [0.15, 0.2) is 0 Å². The summed E-state index contributed by atoms with van der Waals surface area (Å²) in [4.78, 5) is 23.7. The third-order valence-corrected chi connectivity index (χ3v) is 5.34. The van der Waals surface area contributed by atoms with E-state index in [-0.39, 0.29) is 6.61 Å². The lowest BCUT2D eigenvalue weighted by atomic mass is 10.2. The zero-order chi connectivity index (χ0) is 21.4. The summed E-state index contributed by atoms with van der Waals surface area (Å²) >= 11 is 0. The highest BCUT2D eigenvalue weighted by Gasteiger charge is 2.61. The van der Waals surface area contributed by atoms with Gasteiger partial charge in [0.2, 0.25) is 0 Å². The molecule has 8 nitrogen and oxygen atoms in total. The third-order valence-electron chi connectivity index (χ3n) is 3.33. The van der Waals surface area contributed by atoms with Gasteiger partial charge in [-0.05, 0) is 62.3 Å². The molecule has 1 rings (SSSR count). The van der Waals surface area contributed by atoms with Gasteiger partial charge in [-0.1, -0.05) is 0 Å². The summed E-state index contributed by atoms with van der Waals surface area (Å²) in [6.45, 7) is 15.1. The fourth-order valence-electron chi connectivity index (χ4n) is 2.53. The second-order valence-electron chi connectivity index (χ2n) is 9.74. The van der Waals surface area contributed by atoms with Crippen molar-refractivity contribution in [3.05, 3.63) is 0 Å². The van der Waals surface area contributed by atoms with Crippen LogP contribution in [0.4, 0.5) is 0 Å². The molecule has 0 unspecified atom stereocenters. The third kappa shape index (κ3) is 8.30. The maximum absolute atomic E-state index is 13.0.